The van der Waals surface area contributed by atoms with Crippen molar-refractivity contribution in [3.63, 3.8) is 0 Å². The molecule has 4 N–H and O–H groups in total. The van der Waals surface area contributed by atoms with Gasteiger partial charge in [0.25, 0.3) is 5.91 Å². The SMILES string of the molecule is NCCNC(=O)c1cc(-c2c[nH]c3ccc(Br)cc23)nc2ccc(C#CCN3CC=CCC3)cc12. The van der Waals surface area contributed by atoms with Gasteiger partial charge in [-0.3, -0.25) is 9.69 Å². The van der Waals surface area contributed by atoms with E-state index in [0.29, 0.717) is 18.7 Å². The van der Waals surface area contributed by atoms with E-state index in [2.05, 4.69) is 61.2 Å². The highest BCUT2D eigenvalue weighted by Gasteiger charge is 2.16. The average Bonchev–Trinajstić information content (AvgIpc) is 3.30. The minimum absolute atomic E-state index is 0.171. The third-order valence-corrected chi connectivity index (χ3v) is 6.57. The number of nitrogens with one attached hydrogen (secondary N) is 2. The second kappa shape index (κ2) is 10.4. The van der Waals surface area contributed by atoms with E-state index in [1.807, 2.05) is 42.6 Å². The molecule has 3 heterocycles. The number of pyridine rings is 1. The summed E-state index contributed by atoms with van der Waals surface area (Å²) in [5.41, 5.74) is 10.5. The number of benzene rings is 2. The second-order valence-corrected chi connectivity index (χ2v) is 9.44. The lowest BCUT2D eigenvalue weighted by molar-refractivity contribution is 0.0956. The normalized spacial score (nSPS) is 13.7. The van der Waals surface area contributed by atoms with Gasteiger partial charge in [0.15, 0.2) is 0 Å². The Morgan fingerprint density at radius 2 is 2.09 bits per heavy atom. The van der Waals surface area contributed by atoms with Crippen LogP contribution in [0.3, 0.4) is 0 Å². The number of aromatic nitrogens is 2. The molecular weight excluding hydrogens is 502 g/mol. The van der Waals surface area contributed by atoms with Gasteiger partial charge in [0.2, 0.25) is 0 Å². The maximum atomic E-state index is 13.1. The molecule has 7 heteroatoms. The summed E-state index contributed by atoms with van der Waals surface area (Å²) in [6, 6.07) is 13.8. The van der Waals surface area contributed by atoms with Gasteiger partial charge in [-0.25, -0.2) is 4.98 Å². The highest BCUT2D eigenvalue weighted by Crippen LogP contribution is 2.32. The molecule has 0 saturated heterocycles. The zero-order valence-corrected chi connectivity index (χ0v) is 20.9. The largest absolute Gasteiger partial charge is 0.360 e. The van der Waals surface area contributed by atoms with Gasteiger partial charge in [0, 0.05) is 64.3 Å². The Kier molecular flexibility index (Phi) is 6.96. The second-order valence-electron chi connectivity index (χ2n) is 8.52. The van der Waals surface area contributed by atoms with Crippen LogP contribution in [0.5, 0.6) is 0 Å². The van der Waals surface area contributed by atoms with Crippen LogP contribution in [-0.4, -0.2) is 53.5 Å². The topological polar surface area (TPSA) is 87.0 Å². The van der Waals surface area contributed by atoms with Crippen LogP contribution in [0.15, 0.2) is 65.3 Å². The summed E-state index contributed by atoms with van der Waals surface area (Å²) in [5.74, 6) is 6.36. The molecule has 0 aliphatic carbocycles. The van der Waals surface area contributed by atoms with Gasteiger partial charge in [-0.2, -0.15) is 0 Å². The molecule has 1 aliphatic rings. The standard InChI is InChI=1S/C28H26BrN5O/c29-20-7-9-25-22(16-20)24(18-32-25)27-17-23(28(35)31-11-10-30)21-15-19(6-8-26(21)33-27)5-4-14-34-12-2-1-3-13-34/h1-2,6-9,15-18,32H,3,10-14,30H2,(H,31,35). The van der Waals surface area contributed by atoms with Crippen LogP contribution in [-0.2, 0) is 0 Å². The van der Waals surface area contributed by atoms with Gasteiger partial charge in [-0.15, -0.1) is 0 Å². The van der Waals surface area contributed by atoms with Crippen LogP contribution in [0, 0.1) is 11.8 Å². The van der Waals surface area contributed by atoms with Gasteiger partial charge in [0.05, 0.1) is 23.3 Å². The Morgan fingerprint density at radius 1 is 1.17 bits per heavy atom. The zero-order chi connectivity index (χ0) is 24.2. The molecule has 0 spiro atoms. The number of amides is 1. The van der Waals surface area contributed by atoms with Crippen LogP contribution in [0.4, 0.5) is 0 Å². The summed E-state index contributed by atoms with van der Waals surface area (Å²) < 4.78 is 0.983. The molecule has 0 fully saturated rings. The summed E-state index contributed by atoms with van der Waals surface area (Å²) in [7, 11) is 0. The lowest BCUT2D eigenvalue weighted by atomic mass is 10.0. The van der Waals surface area contributed by atoms with Crippen molar-refractivity contribution >= 4 is 43.6 Å². The highest BCUT2D eigenvalue weighted by molar-refractivity contribution is 9.10. The minimum atomic E-state index is -0.171. The predicted octanol–water partition coefficient (Wildman–Crippen LogP) is 4.45. The summed E-state index contributed by atoms with van der Waals surface area (Å²) in [5, 5.41) is 4.72. The van der Waals surface area contributed by atoms with Crippen molar-refractivity contribution in [2.45, 2.75) is 6.42 Å². The number of carbonyl (C=O) groups excluding carboxylic acids is 1. The van der Waals surface area contributed by atoms with Crippen LogP contribution in [0.25, 0.3) is 33.1 Å². The summed E-state index contributed by atoms with van der Waals surface area (Å²) in [6.07, 6.45) is 7.40. The van der Waals surface area contributed by atoms with Crippen LogP contribution in [0.1, 0.15) is 22.3 Å². The molecule has 1 aliphatic heterocycles. The molecular formula is C28H26BrN5O. The first-order chi connectivity index (χ1) is 17.1. The minimum Gasteiger partial charge on any atom is -0.360 e. The van der Waals surface area contributed by atoms with Crippen molar-refractivity contribution in [3.8, 4) is 23.1 Å². The molecule has 1 amide bonds. The number of halogens is 1. The number of hydrogen-bond acceptors (Lipinski definition) is 4. The fourth-order valence-electron chi connectivity index (χ4n) is 4.30. The van der Waals surface area contributed by atoms with Gasteiger partial charge in [-0.1, -0.05) is 39.9 Å². The van der Waals surface area contributed by atoms with E-state index in [1.54, 1.807) is 0 Å². The Bertz CT molecular complexity index is 1490. The summed E-state index contributed by atoms with van der Waals surface area (Å²) >= 11 is 3.55. The maximum Gasteiger partial charge on any atom is 0.252 e. The Balaban J connectivity index is 1.55. The molecule has 0 atom stereocenters. The van der Waals surface area contributed by atoms with E-state index in [1.165, 1.54) is 0 Å². The van der Waals surface area contributed by atoms with E-state index in [-0.39, 0.29) is 5.91 Å². The van der Waals surface area contributed by atoms with E-state index < -0.39 is 0 Å². The van der Waals surface area contributed by atoms with Crippen LogP contribution in [0.2, 0.25) is 0 Å². The Labute approximate surface area is 212 Å². The maximum absolute atomic E-state index is 13.1. The third-order valence-electron chi connectivity index (χ3n) is 6.08. The number of carbonyl (C=O) groups is 1. The number of aromatic amines is 1. The number of rotatable bonds is 5. The molecule has 2 aromatic heterocycles. The van der Waals surface area contributed by atoms with Gasteiger partial charge >= 0.3 is 0 Å². The monoisotopic (exact) mass is 527 g/mol. The average molecular weight is 528 g/mol. The van der Waals surface area contributed by atoms with E-state index >= 15 is 0 Å². The highest BCUT2D eigenvalue weighted by atomic mass is 79.9. The molecule has 35 heavy (non-hydrogen) atoms. The molecule has 6 nitrogen and oxygen atoms in total. The Morgan fingerprint density at radius 3 is 2.91 bits per heavy atom. The van der Waals surface area contributed by atoms with E-state index in [0.717, 1.165) is 69.2 Å². The van der Waals surface area contributed by atoms with Crippen molar-refractivity contribution < 1.29 is 4.79 Å². The summed E-state index contributed by atoms with van der Waals surface area (Å²) in [4.78, 5) is 23.7. The van der Waals surface area contributed by atoms with Crippen LogP contribution < -0.4 is 11.1 Å². The summed E-state index contributed by atoms with van der Waals surface area (Å²) in [6.45, 7) is 3.47. The fraction of sp³-hybridized carbons (Fsp3) is 0.214. The molecule has 176 valence electrons. The molecule has 0 saturated carbocycles. The molecule has 4 aromatic rings. The van der Waals surface area contributed by atoms with Crippen molar-refractivity contribution in [3.05, 3.63) is 76.4 Å². The zero-order valence-electron chi connectivity index (χ0n) is 19.3. The molecule has 5 rings (SSSR count). The van der Waals surface area contributed by atoms with Crippen LogP contribution >= 0.6 is 15.9 Å². The number of hydrogen-bond donors (Lipinski definition) is 3. The molecule has 2 aromatic carbocycles. The first-order valence-electron chi connectivity index (χ1n) is 11.7. The first-order valence-corrected chi connectivity index (χ1v) is 12.5. The van der Waals surface area contributed by atoms with E-state index in [9.17, 15) is 4.79 Å². The molecule has 0 unspecified atom stereocenters. The fourth-order valence-corrected chi connectivity index (χ4v) is 4.66. The number of nitrogens with zero attached hydrogens (tertiary/aromatic N) is 2. The number of fused-ring (bicyclic) bond motifs is 2. The third kappa shape index (κ3) is 5.15. The van der Waals surface area contributed by atoms with Gasteiger partial charge in [0.1, 0.15) is 0 Å². The van der Waals surface area contributed by atoms with Gasteiger partial charge in [-0.05, 0) is 48.9 Å². The van der Waals surface area contributed by atoms with Crippen molar-refractivity contribution in [1.82, 2.24) is 20.2 Å². The molecule has 0 bridgehead atoms. The van der Waals surface area contributed by atoms with E-state index in [4.69, 9.17) is 10.7 Å². The molecule has 0 radical (unpaired) electrons. The van der Waals surface area contributed by atoms with Crippen molar-refractivity contribution in [1.29, 1.82) is 0 Å². The van der Waals surface area contributed by atoms with Gasteiger partial charge < -0.3 is 16.0 Å². The number of nitrogens with two attached hydrogens (primary N) is 1. The lowest BCUT2D eigenvalue weighted by Crippen LogP contribution is -2.29. The van der Waals surface area contributed by atoms with Crippen molar-refractivity contribution in [2.75, 3.05) is 32.7 Å². The first kappa shape index (κ1) is 23.3. The predicted molar refractivity (Wildman–Crippen MR) is 145 cm³/mol. The van der Waals surface area contributed by atoms with Crippen molar-refractivity contribution in [2.24, 2.45) is 5.73 Å². The lowest BCUT2D eigenvalue weighted by Gasteiger charge is -2.19. The Hall–Kier alpha value is -3.44. The number of H-pyrrole nitrogens is 1. The quantitative estimate of drug-likeness (QED) is 0.264. The smallest absolute Gasteiger partial charge is 0.252 e.